The second kappa shape index (κ2) is 12.0. The Hall–Kier alpha value is -2.67. The first-order valence-electron chi connectivity index (χ1n) is 12.9. The first kappa shape index (κ1) is 25.0. The van der Waals surface area contributed by atoms with Crippen molar-refractivity contribution in [2.75, 3.05) is 45.4 Å². The molecule has 0 aliphatic carbocycles. The van der Waals surface area contributed by atoms with Gasteiger partial charge in [0.15, 0.2) is 16.4 Å². The van der Waals surface area contributed by atoms with E-state index in [1.54, 1.807) is 0 Å². The molecule has 190 valence electrons. The van der Waals surface area contributed by atoms with E-state index in [9.17, 15) is 0 Å². The highest BCUT2D eigenvalue weighted by atomic mass is 32.2. The van der Waals surface area contributed by atoms with Crippen molar-refractivity contribution in [3.8, 4) is 11.5 Å². The lowest BCUT2D eigenvalue weighted by Gasteiger charge is -2.25. The zero-order valence-electron chi connectivity index (χ0n) is 21.2. The van der Waals surface area contributed by atoms with E-state index in [0.29, 0.717) is 0 Å². The van der Waals surface area contributed by atoms with E-state index in [1.807, 2.05) is 0 Å². The molecular weight excluding hydrogens is 470 g/mol. The van der Waals surface area contributed by atoms with Crippen LogP contribution in [0.1, 0.15) is 25.7 Å². The third-order valence-electron chi connectivity index (χ3n) is 6.65. The smallest absolute Gasteiger partial charge is 0.208 e. The molecule has 2 aliphatic heterocycles. The van der Waals surface area contributed by atoms with Crippen LogP contribution in [0.4, 0.5) is 5.69 Å². The third kappa shape index (κ3) is 6.00. The lowest BCUT2D eigenvalue weighted by Crippen LogP contribution is -2.27. The van der Waals surface area contributed by atoms with E-state index in [2.05, 4.69) is 91.8 Å². The Morgan fingerprint density at radius 1 is 0.639 bits per heavy atom. The molecule has 6 heteroatoms. The Bertz CT molecular complexity index is 1040. The van der Waals surface area contributed by atoms with Crippen LogP contribution in [-0.2, 0) is 20.4 Å². The molecule has 2 heterocycles. The first-order valence-corrected chi connectivity index (χ1v) is 14.1. The quantitative estimate of drug-likeness (QED) is 0.353. The van der Waals surface area contributed by atoms with E-state index in [4.69, 9.17) is 18.9 Å². The SMILES string of the molecule is CN(C)c1ccc([S+](c2ccccc2OC2CCOCC2)c2ccccc2OC2CCOCC2)cc1. The topological polar surface area (TPSA) is 40.2 Å². The van der Waals surface area contributed by atoms with Crippen LogP contribution in [0.5, 0.6) is 11.5 Å². The molecule has 3 aromatic rings. The van der Waals surface area contributed by atoms with Gasteiger partial charge in [-0.2, -0.15) is 0 Å². The van der Waals surface area contributed by atoms with E-state index in [0.717, 1.165) is 63.6 Å². The van der Waals surface area contributed by atoms with Gasteiger partial charge in [0.25, 0.3) is 0 Å². The Morgan fingerprint density at radius 2 is 1.08 bits per heavy atom. The minimum atomic E-state index is -0.399. The average Bonchev–Trinajstić information content (AvgIpc) is 2.92. The molecule has 36 heavy (non-hydrogen) atoms. The van der Waals surface area contributed by atoms with Crippen LogP contribution < -0.4 is 14.4 Å². The van der Waals surface area contributed by atoms with Crippen molar-refractivity contribution in [2.24, 2.45) is 0 Å². The van der Waals surface area contributed by atoms with Crippen LogP contribution in [-0.4, -0.2) is 52.7 Å². The van der Waals surface area contributed by atoms with Crippen molar-refractivity contribution in [1.29, 1.82) is 0 Å². The molecule has 0 aromatic heterocycles. The van der Waals surface area contributed by atoms with Gasteiger partial charge in [-0.25, -0.2) is 0 Å². The van der Waals surface area contributed by atoms with Crippen molar-refractivity contribution in [3.63, 3.8) is 0 Å². The molecule has 5 nitrogen and oxygen atoms in total. The van der Waals surface area contributed by atoms with Crippen molar-refractivity contribution < 1.29 is 18.9 Å². The van der Waals surface area contributed by atoms with Crippen molar-refractivity contribution >= 4 is 16.6 Å². The maximum Gasteiger partial charge on any atom is 0.208 e. The van der Waals surface area contributed by atoms with Gasteiger partial charge in [-0.15, -0.1) is 0 Å². The molecule has 2 aliphatic rings. The summed E-state index contributed by atoms with van der Waals surface area (Å²) in [6, 6.07) is 25.9. The summed E-state index contributed by atoms with van der Waals surface area (Å²) in [6.45, 7) is 3.03. The molecule has 0 bridgehead atoms. The molecule has 0 spiro atoms. The Labute approximate surface area is 217 Å². The van der Waals surface area contributed by atoms with Crippen molar-refractivity contribution in [1.82, 2.24) is 0 Å². The number of hydrogen-bond acceptors (Lipinski definition) is 5. The van der Waals surface area contributed by atoms with Gasteiger partial charge in [0.2, 0.25) is 9.79 Å². The zero-order valence-corrected chi connectivity index (χ0v) is 22.0. The number of anilines is 1. The fourth-order valence-electron chi connectivity index (χ4n) is 4.63. The molecule has 0 amide bonds. The zero-order chi connectivity index (χ0) is 24.7. The van der Waals surface area contributed by atoms with Gasteiger partial charge in [-0.3, -0.25) is 0 Å². The molecule has 2 saturated heterocycles. The third-order valence-corrected chi connectivity index (χ3v) is 8.95. The van der Waals surface area contributed by atoms with Gasteiger partial charge in [0.1, 0.15) is 23.1 Å². The van der Waals surface area contributed by atoms with Gasteiger partial charge in [0.05, 0.1) is 26.4 Å². The Morgan fingerprint density at radius 3 is 1.53 bits per heavy atom. The minimum Gasteiger partial charge on any atom is -0.485 e. The molecule has 2 fully saturated rings. The summed E-state index contributed by atoms with van der Waals surface area (Å²) in [6.07, 6.45) is 4.03. The second-order valence-corrected chi connectivity index (χ2v) is 11.4. The predicted molar refractivity (Wildman–Crippen MR) is 145 cm³/mol. The van der Waals surface area contributed by atoms with E-state index in [-0.39, 0.29) is 12.2 Å². The maximum absolute atomic E-state index is 6.62. The van der Waals surface area contributed by atoms with Gasteiger partial charge in [-0.05, 0) is 48.5 Å². The molecule has 5 rings (SSSR count). The molecule has 0 unspecified atom stereocenters. The minimum absolute atomic E-state index is 0.176. The van der Waals surface area contributed by atoms with Crippen molar-refractivity contribution in [2.45, 2.75) is 52.6 Å². The summed E-state index contributed by atoms with van der Waals surface area (Å²) in [5, 5.41) is 0. The average molecular weight is 507 g/mol. The first-order chi connectivity index (χ1) is 17.7. The summed E-state index contributed by atoms with van der Waals surface area (Å²) in [5.41, 5.74) is 1.18. The summed E-state index contributed by atoms with van der Waals surface area (Å²) < 4.78 is 24.4. The van der Waals surface area contributed by atoms with Gasteiger partial charge >= 0.3 is 0 Å². The molecule has 0 N–H and O–H groups in total. The predicted octanol–water partition coefficient (Wildman–Crippen LogP) is 5.96. The number of para-hydroxylation sites is 2. The van der Waals surface area contributed by atoms with E-state index in [1.165, 1.54) is 20.4 Å². The second-order valence-electron chi connectivity index (χ2n) is 9.45. The summed E-state index contributed by atoms with van der Waals surface area (Å²) in [4.78, 5) is 5.74. The van der Waals surface area contributed by atoms with E-state index < -0.39 is 10.9 Å². The molecule has 3 aromatic carbocycles. The molecule has 0 atom stereocenters. The number of rotatable bonds is 8. The highest BCUT2D eigenvalue weighted by molar-refractivity contribution is 7.97. The fraction of sp³-hybridized carbons (Fsp3) is 0.400. The molecule has 0 radical (unpaired) electrons. The summed E-state index contributed by atoms with van der Waals surface area (Å²) >= 11 is 0. The van der Waals surface area contributed by atoms with Crippen LogP contribution in [0.2, 0.25) is 0 Å². The van der Waals surface area contributed by atoms with Crippen LogP contribution >= 0.6 is 0 Å². The van der Waals surface area contributed by atoms with Crippen LogP contribution in [0, 0.1) is 0 Å². The Balaban J connectivity index is 1.56. The molecular formula is C30H36NO4S+. The lowest BCUT2D eigenvalue weighted by molar-refractivity contribution is 0.0244. The standard InChI is InChI=1S/C30H36NO4S/c1-31(2)23-11-13-26(14-12-23)36(29-9-5-3-7-27(29)34-24-15-19-32-20-16-24)30-10-6-4-8-28(30)35-25-17-21-33-22-18-25/h3-14,24-25H,15-22H2,1-2H3/q+1. The van der Waals surface area contributed by atoms with Crippen molar-refractivity contribution in [3.05, 3.63) is 72.8 Å². The summed E-state index contributed by atoms with van der Waals surface area (Å²) in [7, 11) is 3.75. The Kier molecular flexibility index (Phi) is 8.36. The number of ether oxygens (including phenoxy) is 4. The van der Waals surface area contributed by atoms with Gasteiger partial charge in [0, 0.05) is 45.5 Å². The number of benzene rings is 3. The fourth-order valence-corrected chi connectivity index (χ4v) is 6.85. The molecule has 0 saturated carbocycles. The monoisotopic (exact) mass is 506 g/mol. The highest BCUT2D eigenvalue weighted by Crippen LogP contribution is 2.42. The number of hydrogen-bond donors (Lipinski definition) is 0. The largest absolute Gasteiger partial charge is 0.485 e. The normalized spacial score (nSPS) is 17.2. The van der Waals surface area contributed by atoms with Crippen LogP contribution in [0.25, 0.3) is 0 Å². The van der Waals surface area contributed by atoms with Crippen LogP contribution in [0.3, 0.4) is 0 Å². The summed E-state index contributed by atoms with van der Waals surface area (Å²) in [5.74, 6) is 1.90. The van der Waals surface area contributed by atoms with Gasteiger partial charge < -0.3 is 23.8 Å². The lowest BCUT2D eigenvalue weighted by atomic mass is 10.1. The van der Waals surface area contributed by atoms with Gasteiger partial charge in [-0.1, -0.05) is 24.3 Å². The van der Waals surface area contributed by atoms with E-state index >= 15 is 0 Å². The number of nitrogens with zero attached hydrogens (tertiary/aromatic N) is 1. The highest BCUT2D eigenvalue weighted by Gasteiger charge is 2.36. The maximum atomic E-state index is 6.62. The van der Waals surface area contributed by atoms with Crippen LogP contribution in [0.15, 0.2) is 87.5 Å².